The number of hydrogen-bond acceptors (Lipinski definition) is 5. The van der Waals surface area contributed by atoms with E-state index < -0.39 is 17.1 Å². The highest BCUT2D eigenvalue weighted by Gasteiger charge is 2.11. The third kappa shape index (κ3) is 2.77. The zero-order valence-electron chi connectivity index (χ0n) is 10.9. The van der Waals surface area contributed by atoms with Gasteiger partial charge in [-0.15, -0.1) is 0 Å². The van der Waals surface area contributed by atoms with Crippen molar-refractivity contribution in [3.8, 4) is 11.6 Å². The van der Waals surface area contributed by atoms with Gasteiger partial charge >= 0.3 is 5.69 Å². The number of ether oxygens (including phenoxy) is 1. The smallest absolute Gasteiger partial charge is 0.328 e. The normalized spacial score (nSPS) is 11.4. The number of rotatable bonds is 3. The standard InChI is InChI=1S/C13H13N3O4/c1-7(10-11(17)15-13(19)16-12(10)18)14-8-3-5-9(20-2)6-4-8/h3-6H,1-2H3,(H3,15,16,17,18,19). The van der Waals surface area contributed by atoms with Gasteiger partial charge < -0.3 is 9.84 Å². The highest BCUT2D eigenvalue weighted by Crippen LogP contribution is 2.19. The zero-order chi connectivity index (χ0) is 14.7. The van der Waals surface area contributed by atoms with E-state index in [4.69, 9.17) is 4.74 Å². The van der Waals surface area contributed by atoms with Gasteiger partial charge in [-0.3, -0.25) is 19.8 Å². The van der Waals surface area contributed by atoms with Crippen molar-refractivity contribution in [1.29, 1.82) is 0 Å². The van der Waals surface area contributed by atoms with Crippen molar-refractivity contribution in [3.63, 3.8) is 0 Å². The number of aliphatic imine (C=N–C) groups is 1. The average Bonchev–Trinajstić information content (AvgIpc) is 2.38. The molecule has 20 heavy (non-hydrogen) atoms. The van der Waals surface area contributed by atoms with E-state index in [0.29, 0.717) is 11.4 Å². The minimum absolute atomic E-state index is 0.0691. The van der Waals surface area contributed by atoms with Gasteiger partial charge in [0.05, 0.1) is 18.5 Å². The van der Waals surface area contributed by atoms with Crippen molar-refractivity contribution < 1.29 is 9.84 Å². The van der Waals surface area contributed by atoms with Gasteiger partial charge in [-0.1, -0.05) is 0 Å². The molecule has 7 heteroatoms. The Kier molecular flexibility index (Phi) is 3.69. The summed E-state index contributed by atoms with van der Waals surface area (Å²) in [4.78, 5) is 31.0. The summed E-state index contributed by atoms with van der Waals surface area (Å²) < 4.78 is 5.03. The molecule has 0 aliphatic rings. The Hall–Kier alpha value is -2.83. The molecule has 0 bridgehead atoms. The molecule has 0 aliphatic carbocycles. The van der Waals surface area contributed by atoms with Gasteiger partial charge in [0.25, 0.3) is 5.56 Å². The lowest BCUT2D eigenvalue weighted by Gasteiger charge is -2.03. The van der Waals surface area contributed by atoms with E-state index in [1.54, 1.807) is 38.3 Å². The maximum absolute atomic E-state index is 11.7. The first-order valence-electron chi connectivity index (χ1n) is 5.76. The van der Waals surface area contributed by atoms with E-state index in [1.807, 2.05) is 4.98 Å². The molecule has 0 saturated heterocycles. The number of methoxy groups -OCH3 is 1. The minimum atomic E-state index is -0.770. The number of aromatic hydroxyl groups is 1. The Labute approximate surface area is 113 Å². The van der Waals surface area contributed by atoms with Crippen LogP contribution in [0.1, 0.15) is 12.5 Å². The van der Waals surface area contributed by atoms with Crippen molar-refractivity contribution in [2.24, 2.45) is 4.99 Å². The van der Waals surface area contributed by atoms with Crippen molar-refractivity contribution in [1.82, 2.24) is 9.97 Å². The summed E-state index contributed by atoms with van der Waals surface area (Å²) in [7, 11) is 1.56. The number of benzene rings is 1. The van der Waals surface area contributed by atoms with Gasteiger partial charge in [0.15, 0.2) is 0 Å². The fourth-order valence-electron chi connectivity index (χ4n) is 1.72. The Morgan fingerprint density at radius 3 is 2.40 bits per heavy atom. The molecule has 0 saturated carbocycles. The Morgan fingerprint density at radius 1 is 1.20 bits per heavy atom. The molecule has 1 heterocycles. The van der Waals surface area contributed by atoms with Gasteiger partial charge in [-0.05, 0) is 31.2 Å². The van der Waals surface area contributed by atoms with Crippen LogP contribution in [-0.2, 0) is 0 Å². The molecule has 1 aromatic carbocycles. The first-order chi connectivity index (χ1) is 9.51. The number of H-pyrrole nitrogens is 2. The van der Waals surface area contributed by atoms with Crippen LogP contribution >= 0.6 is 0 Å². The predicted molar refractivity (Wildman–Crippen MR) is 74.2 cm³/mol. The maximum Gasteiger partial charge on any atom is 0.328 e. The summed E-state index contributed by atoms with van der Waals surface area (Å²) in [6.07, 6.45) is 0. The fourth-order valence-corrected chi connectivity index (χ4v) is 1.72. The summed E-state index contributed by atoms with van der Waals surface area (Å²) in [5, 5.41) is 9.63. The van der Waals surface area contributed by atoms with Crippen LogP contribution in [0.3, 0.4) is 0 Å². The molecule has 1 aromatic heterocycles. The van der Waals surface area contributed by atoms with Gasteiger partial charge in [0, 0.05) is 0 Å². The van der Waals surface area contributed by atoms with Gasteiger partial charge in [-0.25, -0.2) is 4.79 Å². The molecule has 0 aliphatic heterocycles. The van der Waals surface area contributed by atoms with E-state index in [0.717, 1.165) is 0 Å². The van der Waals surface area contributed by atoms with Crippen molar-refractivity contribution in [3.05, 3.63) is 50.7 Å². The molecule has 2 rings (SSSR count). The fraction of sp³-hybridized carbons (Fsp3) is 0.154. The van der Waals surface area contributed by atoms with Crippen LogP contribution in [-0.4, -0.2) is 27.9 Å². The largest absolute Gasteiger partial charge is 0.497 e. The van der Waals surface area contributed by atoms with Crippen molar-refractivity contribution in [2.45, 2.75) is 6.92 Å². The molecular formula is C13H13N3O4. The van der Waals surface area contributed by atoms with Crippen molar-refractivity contribution >= 4 is 11.4 Å². The van der Waals surface area contributed by atoms with Gasteiger partial charge in [-0.2, -0.15) is 0 Å². The third-order valence-corrected chi connectivity index (χ3v) is 2.65. The summed E-state index contributed by atoms with van der Waals surface area (Å²) in [6.45, 7) is 1.56. The van der Waals surface area contributed by atoms with E-state index in [-0.39, 0.29) is 11.3 Å². The van der Waals surface area contributed by atoms with E-state index in [1.165, 1.54) is 0 Å². The summed E-state index contributed by atoms with van der Waals surface area (Å²) in [5.74, 6) is 0.180. The van der Waals surface area contributed by atoms with Gasteiger partial charge in [0.2, 0.25) is 5.88 Å². The lowest BCUT2D eigenvalue weighted by atomic mass is 10.2. The maximum atomic E-state index is 11.7. The van der Waals surface area contributed by atoms with E-state index in [2.05, 4.69) is 9.98 Å². The summed E-state index contributed by atoms with van der Waals surface area (Å²) >= 11 is 0. The second kappa shape index (κ2) is 5.43. The minimum Gasteiger partial charge on any atom is -0.497 e. The Balaban J connectivity index is 2.44. The molecule has 0 fully saturated rings. The van der Waals surface area contributed by atoms with Crippen LogP contribution in [0.15, 0.2) is 38.8 Å². The highest BCUT2D eigenvalue weighted by atomic mass is 16.5. The van der Waals surface area contributed by atoms with Crippen LogP contribution in [0, 0.1) is 0 Å². The second-order valence-electron chi connectivity index (χ2n) is 4.03. The van der Waals surface area contributed by atoms with E-state index >= 15 is 0 Å². The first-order valence-corrected chi connectivity index (χ1v) is 5.76. The number of hydrogen-bond donors (Lipinski definition) is 3. The highest BCUT2D eigenvalue weighted by molar-refractivity contribution is 6.01. The third-order valence-electron chi connectivity index (χ3n) is 2.65. The molecule has 0 radical (unpaired) electrons. The summed E-state index contributed by atoms with van der Waals surface area (Å²) in [5.41, 5.74) is -0.659. The number of aromatic nitrogens is 2. The molecule has 0 unspecified atom stereocenters. The number of nitrogens with zero attached hydrogens (tertiary/aromatic N) is 1. The van der Waals surface area contributed by atoms with Crippen LogP contribution in [0.5, 0.6) is 11.6 Å². The Morgan fingerprint density at radius 2 is 1.85 bits per heavy atom. The SMILES string of the molecule is COc1ccc(N=C(C)c2c(O)[nH]c(=O)[nH]c2=O)cc1. The monoisotopic (exact) mass is 275 g/mol. The molecule has 3 N–H and O–H groups in total. The molecule has 2 aromatic rings. The van der Waals surface area contributed by atoms with Crippen LogP contribution in [0.25, 0.3) is 0 Å². The quantitative estimate of drug-likeness (QED) is 0.724. The Bertz CT molecular complexity index is 756. The second-order valence-corrected chi connectivity index (χ2v) is 4.03. The molecule has 7 nitrogen and oxygen atoms in total. The first kappa shape index (κ1) is 13.6. The lowest BCUT2D eigenvalue weighted by molar-refractivity contribution is 0.415. The molecule has 0 spiro atoms. The lowest BCUT2D eigenvalue weighted by Crippen LogP contribution is -2.27. The van der Waals surface area contributed by atoms with E-state index in [9.17, 15) is 14.7 Å². The zero-order valence-corrected chi connectivity index (χ0v) is 10.9. The molecule has 0 atom stereocenters. The molecular weight excluding hydrogens is 262 g/mol. The molecule has 0 amide bonds. The van der Waals surface area contributed by atoms with Crippen LogP contribution < -0.4 is 16.0 Å². The average molecular weight is 275 g/mol. The van der Waals surface area contributed by atoms with Gasteiger partial charge in [0.1, 0.15) is 11.3 Å². The van der Waals surface area contributed by atoms with Crippen LogP contribution in [0.2, 0.25) is 0 Å². The number of nitrogens with one attached hydrogen (secondary N) is 2. The summed E-state index contributed by atoms with van der Waals surface area (Å²) in [6, 6.07) is 6.87. The van der Waals surface area contributed by atoms with Crippen LogP contribution in [0.4, 0.5) is 5.69 Å². The topological polar surface area (TPSA) is 108 Å². The predicted octanol–water partition coefficient (Wildman–Crippen LogP) is 0.918. The number of aromatic amines is 2. The molecule has 104 valence electrons. The van der Waals surface area contributed by atoms with Crippen molar-refractivity contribution in [2.75, 3.05) is 7.11 Å².